The summed E-state index contributed by atoms with van der Waals surface area (Å²) in [6.45, 7) is 8.41. The van der Waals surface area contributed by atoms with Crippen LogP contribution in [-0.4, -0.2) is 47.2 Å². The van der Waals surface area contributed by atoms with E-state index in [-0.39, 0.29) is 24.0 Å². The van der Waals surface area contributed by atoms with Crippen molar-refractivity contribution in [1.82, 2.24) is 9.88 Å². The fourth-order valence-corrected chi connectivity index (χ4v) is 3.85. The van der Waals surface area contributed by atoms with Crippen LogP contribution in [0.2, 0.25) is 0 Å². The predicted molar refractivity (Wildman–Crippen MR) is 91.5 cm³/mol. The molecule has 2 rings (SSSR count). The zero-order valence-electron chi connectivity index (χ0n) is 14.4. The van der Waals surface area contributed by atoms with Crippen LogP contribution in [0.4, 0.5) is 0 Å². The van der Waals surface area contributed by atoms with Gasteiger partial charge in [-0.3, -0.25) is 4.79 Å². The van der Waals surface area contributed by atoms with E-state index in [0.717, 1.165) is 43.1 Å². The Morgan fingerprint density at radius 2 is 2.17 bits per heavy atom. The van der Waals surface area contributed by atoms with E-state index in [4.69, 9.17) is 4.74 Å². The molecule has 1 amide bonds. The summed E-state index contributed by atoms with van der Waals surface area (Å²) in [7, 11) is 0. The first-order valence-electron chi connectivity index (χ1n) is 8.48. The molecule has 1 atom stereocenters. The maximum absolute atomic E-state index is 12.5. The molecule has 1 saturated heterocycles. The van der Waals surface area contributed by atoms with Crippen LogP contribution in [0.5, 0.6) is 0 Å². The summed E-state index contributed by atoms with van der Waals surface area (Å²) in [4.78, 5) is 18.9. The van der Waals surface area contributed by atoms with E-state index < -0.39 is 0 Å². The van der Waals surface area contributed by atoms with Gasteiger partial charge in [-0.05, 0) is 38.5 Å². The first-order valence-corrected chi connectivity index (χ1v) is 9.36. The lowest BCUT2D eigenvalue weighted by molar-refractivity contribution is -0.133. The minimum absolute atomic E-state index is 0.0114. The fourth-order valence-electron chi connectivity index (χ4n) is 3.03. The molecule has 1 aromatic rings. The van der Waals surface area contributed by atoms with Gasteiger partial charge in [-0.25, -0.2) is 4.98 Å². The monoisotopic (exact) mass is 340 g/mol. The van der Waals surface area contributed by atoms with Crippen LogP contribution >= 0.6 is 11.3 Å². The second-order valence-corrected chi connectivity index (χ2v) is 7.23. The first-order chi connectivity index (χ1) is 11.0. The molecule has 130 valence electrons. The summed E-state index contributed by atoms with van der Waals surface area (Å²) in [5.74, 6) is 0.133. The van der Waals surface area contributed by atoms with Crippen molar-refractivity contribution in [2.24, 2.45) is 5.41 Å². The fraction of sp³-hybridized carbons (Fsp3) is 0.765. The molecule has 0 saturated carbocycles. The predicted octanol–water partition coefficient (Wildman–Crippen LogP) is 2.79. The third-order valence-corrected chi connectivity index (χ3v) is 5.98. The number of ether oxygens (including phenoxy) is 1. The average Bonchev–Trinajstić information content (AvgIpc) is 3.03. The Morgan fingerprint density at radius 3 is 2.74 bits per heavy atom. The highest BCUT2D eigenvalue weighted by Crippen LogP contribution is 2.34. The third kappa shape index (κ3) is 4.52. The zero-order valence-corrected chi connectivity index (χ0v) is 15.2. The maximum atomic E-state index is 12.5. The summed E-state index contributed by atoms with van der Waals surface area (Å²) in [6, 6.07) is 0. The highest BCUT2D eigenvalue weighted by molar-refractivity contribution is 7.09. The lowest BCUT2D eigenvalue weighted by atomic mass is 9.77. The summed E-state index contributed by atoms with van der Waals surface area (Å²) < 4.78 is 5.54. The Labute approximate surface area is 142 Å². The highest BCUT2D eigenvalue weighted by atomic mass is 32.1. The lowest BCUT2D eigenvalue weighted by Gasteiger charge is -2.40. The molecule has 23 heavy (non-hydrogen) atoms. The molecule has 1 fully saturated rings. The number of aliphatic hydroxyl groups excluding tert-OH is 1. The van der Waals surface area contributed by atoms with Crippen molar-refractivity contribution < 1.29 is 14.6 Å². The summed E-state index contributed by atoms with van der Waals surface area (Å²) in [5, 5.41) is 12.5. The van der Waals surface area contributed by atoms with Gasteiger partial charge < -0.3 is 14.7 Å². The summed E-state index contributed by atoms with van der Waals surface area (Å²) in [6.07, 6.45) is 3.08. The molecule has 1 N–H and O–H groups in total. The number of aromatic nitrogens is 1. The quantitative estimate of drug-likeness (QED) is 0.829. The van der Waals surface area contributed by atoms with Crippen LogP contribution in [0, 0.1) is 5.41 Å². The molecule has 0 aromatic carbocycles. The largest absolute Gasteiger partial charge is 0.396 e. The van der Waals surface area contributed by atoms with Gasteiger partial charge in [0.2, 0.25) is 5.91 Å². The third-order valence-electron chi connectivity index (χ3n) is 4.93. The van der Waals surface area contributed by atoms with Crippen LogP contribution in [0.3, 0.4) is 0 Å². The molecule has 2 heterocycles. The number of nitrogens with zero attached hydrogens (tertiary/aromatic N) is 2. The summed E-state index contributed by atoms with van der Waals surface area (Å²) >= 11 is 1.55. The molecular formula is C17H28N2O3S. The van der Waals surface area contributed by atoms with E-state index in [1.807, 2.05) is 24.1 Å². The molecule has 0 radical (unpaired) electrons. The van der Waals surface area contributed by atoms with Crippen LogP contribution in [0.25, 0.3) is 0 Å². The van der Waals surface area contributed by atoms with Crippen molar-refractivity contribution in [1.29, 1.82) is 0 Å². The maximum Gasteiger partial charge on any atom is 0.228 e. The Morgan fingerprint density at radius 1 is 1.48 bits per heavy atom. The van der Waals surface area contributed by atoms with Crippen molar-refractivity contribution in [2.75, 3.05) is 26.3 Å². The van der Waals surface area contributed by atoms with E-state index in [1.54, 1.807) is 11.3 Å². The highest BCUT2D eigenvalue weighted by Gasteiger charge is 2.33. The Bertz CT molecular complexity index is 504. The molecular weight excluding hydrogens is 312 g/mol. The van der Waals surface area contributed by atoms with Gasteiger partial charge in [0.15, 0.2) is 0 Å². The van der Waals surface area contributed by atoms with E-state index in [1.165, 1.54) is 0 Å². The van der Waals surface area contributed by atoms with Crippen LogP contribution < -0.4 is 0 Å². The number of hydrogen-bond donors (Lipinski definition) is 1. The van der Waals surface area contributed by atoms with Crippen LogP contribution in [0.15, 0.2) is 5.38 Å². The number of thiazole rings is 1. The zero-order chi connectivity index (χ0) is 16.9. The lowest BCUT2D eigenvalue weighted by Crippen LogP contribution is -2.45. The topological polar surface area (TPSA) is 62.7 Å². The minimum atomic E-state index is -0.0152. The number of piperidine rings is 1. The minimum Gasteiger partial charge on any atom is -0.396 e. The summed E-state index contributed by atoms with van der Waals surface area (Å²) in [5.41, 5.74) is 0.841. The van der Waals surface area contributed by atoms with E-state index in [2.05, 4.69) is 11.9 Å². The van der Waals surface area contributed by atoms with E-state index in [9.17, 15) is 9.90 Å². The molecule has 0 bridgehead atoms. The molecule has 1 unspecified atom stereocenters. The van der Waals surface area contributed by atoms with Gasteiger partial charge in [0.1, 0.15) is 11.1 Å². The number of hydrogen-bond acceptors (Lipinski definition) is 5. The van der Waals surface area contributed by atoms with Crippen LogP contribution in [-0.2, 0) is 16.0 Å². The standard InChI is InChI=1S/C17H28N2O3S/c1-4-17(12-20)6-8-19(9-7-17)15(21)10-14-11-23-16(18-14)13(3)22-5-2/h11,13,20H,4-10,12H2,1-3H3. The molecule has 1 aliphatic rings. The van der Waals surface area contributed by atoms with Gasteiger partial charge in [0.05, 0.1) is 12.1 Å². The second-order valence-electron chi connectivity index (χ2n) is 6.34. The van der Waals surface area contributed by atoms with Crippen molar-refractivity contribution >= 4 is 17.2 Å². The number of rotatable bonds is 7. The van der Waals surface area contributed by atoms with Gasteiger partial charge in [-0.15, -0.1) is 11.3 Å². The van der Waals surface area contributed by atoms with Crippen molar-refractivity contribution in [3.63, 3.8) is 0 Å². The number of likely N-dealkylation sites (tertiary alicyclic amines) is 1. The van der Waals surface area contributed by atoms with Crippen molar-refractivity contribution in [2.45, 2.75) is 52.6 Å². The second kappa shape index (κ2) is 8.22. The molecule has 1 aromatic heterocycles. The molecule has 5 nitrogen and oxygen atoms in total. The number of amides is 1. The van der Waals surface area contributed by atoms with Gasteiger partial charge in [0, 0.05) is 31.7 Å². The molecule has 0 aliphatic carbocycles. The van der Waals surface area contributed by atoms with Crippen LogP contribution in [0.1, 0.15) is 56.8 Å². The van der Waals surface area contributed by atoms with E-state index >= 15 is 0 Å². The van der Waals surface area contributed by atoms with Gasteiger partial charge in [-0.2, -0.15) is 0 Å². The van der Waals surface area contributed by atoms with Gasteiger partial charge >= 0.3 is 0 Å². The number of carbonyl (C=O) groups is 1. The normalized spacial score (nSPS) is 18.9. The van der Waals surface area contributed by atoms with Gasteiger partial charge in [0.25, 0.3) is 0 Å². The molecule has 0 spiro atoms. The van der Waals surface area contributed by atoms with Crippen molar-refractivity contribution in [3.8, 4) is 0 Å². The Hall–Kier alpha value is -0.980. The molecule has 6 heteroatoms. The van der Waals surface area contributed by atoms with Gasteiger partial charge in [-0.1, -0.05) is 6.92 Å². The first kappa shape index (κ1) is 18.4. The Kier molecular flexibility index (Phi) is 6.56. The Balaban J connectivity index is 1.88. The smallest absolute Gasteiger partial charge is 0.228 e. The molecule has 1 aliphatic heterocycles. The SMILES string of the molecule is CCOC(C)c1nc(CC(=O)N2CCC(CC)(CO)CC2)cs1. The number of aliphatic hydroxyl groups is 1. The number of carbonyl (C=O) groups excluding carboxylic acids is 1. The van der Waals surface area contributed by atoms with E-state index in [0.29, 0.717) is 13.0 Å². The average molecular weight is 340 g/mol. The van der Waals surface area contributed by atoms with Crippen molar-refractivity contribution in [3.05, 3.63) is 16.1 Å².